The van der Waals surface area contributed by atoms with Gasteiger partial charge in [-0.2, -0.15) is 0 Å². The van der Waals surface area contributed by atoms with E-state index in [0.29, 0.717) is 28.8 Å². The van der Waals surface area contributed by atoms with Crippen LogP contribution in [0.25, 0.3) is 0 Å². The molecule has 116 valence electrons. The molecule has 2 unspecified atom stereocenters. The summed E-state index contributed by atoms with van der Waals surface area (Å²) in [5.41, 5.74) is 2.14. The molecule has 0 spiro atoms. The monoisotopic (exact) mass is 290 g/mol. The second-order valence-electron chi connectivity index (χ2n) is 6.90. The van der Waals surface area contributed by atoms with Crippen molar-refractivity contribution < 1.29 is 9.53 Å². The maximum atomic E-state index is 11.2. The fourth-order valence-corrected chi connectivity index (χ4v) is 3.38. The first-order valence-electron chi connectivity index (χ1n) is 7.53. The van der Waals surface area contributed by atoms with Crippen molar-refractivity contribution in [2.75, 3.05) is 17.7 Å². The van der Waals surface area contributed by atoms with Crippen molar-refractivity contribution in [1.82, 2.24) is 0 Å². The summed E-state index contributed by atoms with van der Waals surface area (Å²) in [6.45, 7) is 8.44. The zero-order valence-electron chi connectivity index (χ0n) is 13.6. The first-order chi connectivity index (χ1) is 9.80. The predicted molar refractivity (Wildman–Crippen MR) is 86.9 cm³/mol. The van der Waals surface area contributed by atoms with Crippen LogP contribution in [0, 0.1) is 11.3 Å². The number of hydrogen-bond acceptors (Lipinski definition) is 3. The van der Waals surface area contributed by atoms with E-state index in [2.05, 4.69) is 31.4 Å². The van der Waals surface area contributed by atoms with Gasteiger partial charge >= 0.3 is 0 Å². The molecule has 1 aliphatic carbocycles. The van der Waals surface area contributed by atoms with Crippen LogP contribution >= 0.6 is 0 Å². The Morgan fingerprint density at radius 2 is 2.05 bits per heavy atom. The molecule has 1 saturated carbocycles. The Balaban J connectivity index is 2.13. The molecule has 2 N–H and O–H groups in total. The Kier molecular flexibility index (Phi) is 4.45. The van der Waals surface area contributed by atoms with E-state index in [1.807, 2.05) is 18.2 Å². The molecule has 21 heavy (non-hydrogen) atoms. The largest absolute Gasteiger partial charge is 0.494 e. The van der Waals surface area contributed by atoms with Crippen LogP contribution in [0.4, 0.5) is 11.4 Å². The van der Waals surface area contributed by atoms with E-state index in [-0.39, 0.29) is 5.91 Å². The number of hydrogen-bond donors (Lipinski definition) is 2. The van der Waals surface area contributed by atoms with E-state index >= 15 is 0 Å². The molecule has 0 saturated heterocycles. The number of carbonyl (C=O) groups excluding carboxylic acids is 1. The van der Waals surface area contributed by atoms with Gasteiger partial charge in [0.1, 0.15) is 5.75 Å². The zero-order valence-corrected chi connectivity index (χ0v) is 13.6. The van der Waals surface area contributed by atoms with Gasteiger partial charge in [-0.25, -0.2) is 0 Å². The molecule has 2 rings (SSSR count). The SMILES string of the molecule is COc1cc(NC2CC(C)(C)CC2C)ccc1NC(C)=O. The van der Waals surface area contributed by atoms with Crippen molar-refractivity contribution in [3.05, 3.63) is 18.2 Å². The van der Waals surface area contributed by atoms with Gasteiger partial charge in [0.25, 0.3) is 0 Å². The molecule has 0 bridgehead atoms. The Morgan fingerprint density at radius 1 is 1.33 bits per heavy atom. The molecule has 0 aromatic heterocycles. The topological polar surface area (TPSA) is 50.4 Å². The second-order valence-corrected chi connectivity index (χ2v) is 6.90. The van der Waals surface area contributed by atoms with E-state index in [1.54, 1.807) is 7.11 Å². The third kappa shape index (κ3) is 3.90. The number of anilines is 2. The molecule has 1 fully saturated rings. The van der Waals surface area contributed by atoms with Crippen LogP contribution in [0.2, 0.25) is 0 Å². The number of nitrogens with one attached hydrogen (secondary N) is 2. The standard InChI is InChI=1S/C17H26N2O2/c1-11-9-17(3,4)10-15(11)19-13-6-7-14(18-12(2)20)16(8-13)21-5/h6-8,11,15,19H,9-10H2,1-5H3,(H,18,20). The Hall–Kier alpha value is -1.71. The van der Waals surface area contributed by atoms with Crippen molar-refractivity contribution >= 4 is 17.3 Å². The molecule has 1 aromatic carbocycles. The van der Waals surface area contributed by atoms with Gasteiger partial charge in [-0.1, -0.05) is 20.8 Å². The lowest BCUT2D eigenvalue weighted by molar-refractivity contribution is -0.114. The predicted octanol–water partition coefficient (Wildman–Crippen LogP) is 3.89. The summed E-state index contributed by atoms with van der Waals surface area (Å²) in [5.74, 6) is 1.24. The smallest absolute Gasteiger partial charge is 0.221 e. The number of ether oxygens (including phenoxy) is 1. The molecule has 4 nitrogen and oxygen atoms in total. The molecule has 1 aromatic rings. The van der Waals surface area contributed by atoms with Crippen LogP contribution in [-0.2, 0) is 4.79 Å². The second kappa shape index (κ2) is 5.96. The molecule has 4 heteroatoms. The normalized spacial score (nSPS) is 23.7. The van der Waals surface area contributed by atoms with Crippen LogP contribution in [0.3, 0.4) is 0 Å². The summed E-state index contributed by atoms with van der Waals surface area (Å²) in [5, 5.41) is 6.38. The van der Waals surface area contributed by atoms with Crippen molar-refractivity contribution in [1.29, 1.82) is 0 Å². The lowest BCUT2D eigenvalue weighted by atomic mass is 9.91. The molecule has 0 radical (unpaired) electrons. The average Bonchev–Trinajstić information content (AvgIpc) is 2.63. The summed E-state index contributed by atoms with van der Waals surface area (Å²) in [6, 6.07) is 6.30. The summed E-state index contributed by atoms with van der Waals surface area (Å²) >= 11 is 0. The van der Waals surface area contributed by atoms with Gasteiger partial charge in [-0.05, 0) is 36.3 Å². The third-order valence-corrected chi connectivity index (χ3v) is 4.20. The minimum absolute atomic E-state index is 0.0971. The quantitative estimate of drug-likeness (QED) is 0.884. The number of rotatable bonds is 4. The first kappa shape index (κ1) is 15.7. The average molecular weight is 290 g/mol. The summed E-state index contributed by atoms with van der Waals surface area (Å²) in [4.78, 5) is 11.2. The van der Waals surface area contributed by atoms with Gasteiger partial charge in [-0.15, -0.1) is 0 Å². The van der Waals surface area contributed by atoms with Crippen LogP contribution in [0.5, 0.6) is 5.75 Å². The Labute approximate surface area is 127 Å². The molecule has 2 atom stereocenters. The van der Waals surface area contributed by atoms with Crippen molar-refractivity contribution in [2.45, 2.75) is 46.6 Å². The van der Waals surface area contributed by atoms with Crippen LogP contribution in [0.1, 0.15) is 40.5 Å². The van der Waals surface area contributed by atoms with Gasteiger partial charge in [0, 0.05) is 24.7 Å². The highest BCUT2D eigenvalue weighted by Gasteiger charge is 2.36. The van der Waals surface area contributed by atoms with Crippen LogP contribution in [-0.4, -0.2) is 19.1 Å². The number of methoxy groups -OCH3 is 1. The fourth-order valence-electron chi connectivity index (χ4n) is 3.38. The van der Waals surface area contributed by atoms with Crippen molar-refractivity contribution in [3.63, 3.8) is 0 Å². The number of amides is 1. The van der Waals surface area contributed by atoms with Gasteiger partial charge in [0.05, 0.1) is 12.8 Å². The summed E-state index contributed by atoms with van der Waals surface area (Å²) in [7, 11) is 1.62. The highest BCUT2D eigenvalue weighted by atomic mass is 16.5. The first-order valence-corrected chi connectivity index (χ1v) is 7.53. The van der Waals surface area contributed by atoms with Crippen LogP contribution < -0.4 is 15.4 Å². The molecular weight excluding hydrogens is 264 g/mol. The maximum absolute atomic E-state index is 11.2. The van der Waals surface area contributed by atoms with E-state index in [4.69, 9.17) is 4.74 Å². The Morgan fingerprint density at radius 3 is 2.57 bits per heavy atom. The van der Waals surface area contributed by atoms with Crippen LogP contribution in [0.15, 0.2) is 18.2 Å². The minimum atomic E-state index is -0.0971. The minimum Gasteiger partial charge on any atom is -0.494 e. The number of benzene rings is 1. The Bertz CT molecular complexity index is 526. The fraction of sp³-hybridized carbons (Fsp3) is 0.588. The highest BCUT2D eigenvalue weighted by Crippen LogP contribution is 2.42. The third-order valence-electron chi connectivity index (χ3n) is 4.20. The van der Waals surface area contributed by atoms with E-state index in [1.165, 1.54) is 19.8 Å². The van der Waals surface area contributed by atoms with E-state index < -0.39 is 0 Å². The highest BCUT2D eigenvalue weighted by molar-refractivity contribution is 5.90. The van der Waals surface area contributed by atoms with Gasteiger partial charge in [-0.3, -0.25) is 4.79 Å². The van der Waals surface area contributed by atoms with E-state index in [9.17, 15) is 4.79 Å². The van der Waals surface area contributed by atoms with Crippen molar-refractivity contribution in [3.8, 4) is 5.75 Å². The molecule has 1 amide bonds. The molecule has 1 aliphatic rings. The molecular formula is C17H26N2O2. The summed E-state index contributed by atoms with van der Waals surface area (Å²) < 4.78 is 5.36. The molecule has 0 heterocycles. The molecule has 0 aliphatic heterocycles. The number of carbonyl (C=O) groups is 1. The maximum Gasteiger partial charge on any atom is 0.221 e. The lowest BCUT2D eigenvalue weighted by Crippen LogP contribution is -2.22. The van der Waals surface area contributed by atoms with Gasteiger partial charge in [0.2, 0.25) is 5.91 Å². The van der Waals surface area contributed by atoms with E-state index in [0.717, 1.165) is 5.69 Å². The lowest BCUT2D eigenvalue weighted by Gasteiger charge is -2.21. The zero-order chi connectivity index (χ0) is 15.6. The van der Waals surface area contributed by atoms with Gasteiger partial charge < -0.3 is 15.4 Å². The summed E-state index contributed by atoms with van der Waals surface area (Å²) in [6.07, 6.45) is 2.41. The van der Waals surface area contributed by atoms with Crippen molar-refractivity contribution in [2.24, 2.45) is 11.3 Å². The van der Waals surface area contributed by atoms with Gasteiger partial charge in [0.15, 0.2) is 0 Å².